The minimum absolute atomic E-state index is 0.0756. The predicted molar refractivity (Wildman–Crippen MR) is 91.1 cm³/mol. The van der Waals surface area contributed by atoms with Gasteiger partial charge in [-0.15, -0.1) is 0 Å². The van der Waals surface area contributed by atoms with E-state index in [2.05, 4.69) is 5.16 Å². The summed E-state index contributed by atoms with van der Waals surface area (Å²) in [7, 11) is 0. The molecule has 3 aromatic rings. The fourth-order valence-electron chi connectivity index (χ4n) is 2.34. The largest absolute Gasteiger partial charge is 0.490 e. The van der Waals surface area contributed by atoms with Crippen molar-refractivity contribution >= 4 is 5.97 Å². The molecule has 0 aliphatic rings. The van der Waals surface area contributed by atoms with Gasteiger partial charge in [-0.2, -0.15) is 0 Å². The lowest BCUT2D eigenvalue weighted by Crippen LogP contribution is -2.08. The molecule has 1 aromatic heterocycles. The lowest BCUT2D eigenvalue weighted by Gasteiger charge is -2.08. The summed E-state index contributed by atoms with van der Waals surface area (Å²) in [5.74, 6) is 0.828. The molecular formula is C19H17NO5. The number of carboxylic acid groups (broad SMARTS) is 1. The SMILES string of the molecule is Cc1c(C(=O)O)noc1-c1ccc(OCCOc2ccccc2)cc1. The summed E-state index contributed by atoms with van der Waals surface area (Å²) in [6, 6.07) is 16.7. The van der Waals surface area contributed by atoms with Crippen molar-refractivity contribution in [2.75, 3.05) is 13.2 Å². The minimum Gasteiger partial charge on any atom is -0.490 e. The smallest absolute Gasteiger partial charge is 0.358 e. The average molecular weight is 339 g/mol. The van der Waals surface area contributed by atoms with Crippen LogP contribution >= 0.6 is 0 Å². The standard InChI is InChI=1S/C19H17NO5/c1-13-17(19(21)22)20-25-18(13)14-7-9-16(10-8-14)24-12-11-23-15-5-3-2-4-6-15/h2-10H,11-12H2,1H3,(H,21,22). The number of rotatable bonds is 7. The summed E-state index contributed by atoms with van der Waals surface area (Å²) in [4.78, 5) is 11.0. The van der Waals surface area contributed by atoms with Crippen molar-refractivity contribution in [1.82, 2.24) is 5.16 Å². The van der Waals surface area contributed by atoms with Gasteiger partial charge in [-0.25, -0.2) is 4.79 Å². The predicted octanol–water partition coefficient (Wildman–Crippen LogP) is 3.81. The highest BCUT2D eigenvalue weighted by molar-refractivity contribution is 5.88. The first-order valence-corrected chi connectivity index (χ1v) is 7.76. The van der Waals surface area contributed by atoms with Crippen LogP contribution in [0, 0.1) is 6.92 Å². The molecule has 25 heavy (non-hydrogen) atoms. The number of aromatic carboxylic acids is 1. The fourth-order valence-corrected chi connectivity index (χ4v) is 2.34. The van der Waals surface area contributed by atoms with Crippen LogP contribution in [0.25, 0.3) is 11.3 Å². The Morgan fingerprint density at radius 2 is 1.60 bits per heavy atom. The molecule has 0 unspecified atom stereocenters. The maximum Gasteiger partial charge on any atom is 0.358 e. The van der Waals surface area contributed by atoms with Crippen LogP contribution in [-0.2, 0) is 0 Å². The molecule has 0 aliphatic heterocycles. The molecule has 0 radical (unpaired) electrons. The van der Waals surface area contributed by atoms with Gasteiger partial charge < -0.3 is 19.1 Å². The van der Waals surface area contributed by atoms with Gasteiger partial charge in [0.25, 0.3) is 0 Å². The molecular weight excluding hydrogens is 322 g/mol. The molecule has 1 heterocycles. The molecule has 0 bridgehead atoms. The van der Waals surface area contributed by atoms with Gasteiger partial charge >= 0.3 is 5.97 Å². The topological polar surface area (TPSA) is 81.8 Å². The number of para-hydroxylation sites is 1. The highest BCUT2D eigenvalue weighted by Crippen LogP contribution is 2.27. The molecule has 128 valence electrons. The van der Waals surface area contributed by atoms with Gasteiger partial charge in [0.05, 0.1) is 0 Å². The van der Waals surface area contributed by atoms with Gasteiger partial charge in [0.1, 0.15) is 24.7 Å². The minimum atomic E-state index is -1.11. The summed E-state index contributed by atoms with van der Waals surface area (Å²) < 4.78 is 16.3. The lowest BCUT2D eigenvalue weighted by molar-refractivity contribution is 0.0685. The summed E-state index contributed by atoms with van der Waals surface area (Å²) in [6.45, 7) is 2.52. The summed E-state index contributed by atoms with van der Waals surface area (Å²) >= 11 is 0. The van der Waals surface area contributed by atoms with Gasteiger partial charge in [-0.1, -0.05) is 23.4 Å². The van der Waals surface area contributed by atoms with Crippen LogP contribution < -0.4 is 9.47 Å². The van der Waals surface area contributed by atoms with E-state index in [0.29, 0.717) is 30.3 Å². The molecule has 0 saturated heterocycles. The zero-order valence-electron chi connectivity index (χ0n) is 13.6. The van der Waals surface area contributed by atoms with Crippen LogP contribution in [0.2, 0.25) is 0 Å². The van der Waals surface area contributed by atoms with Crippen LogP contribution in [0.5, 0.6) is 11.5 Å². The zero-order chi connectivity index (χ0) is 17.6. The Kier molecular flexibility index (Phi) is 4.99. The molecule has 6 nitrogen and oxygen atoms in total. The van der Waals surface area contributed by atoms with Crippen LogP contribution in [0.1, 0.15) is 16.1 Å². The van der Waals surface area contributed by atoms with E-state index in [1.54, 1.807) is 31.2 Å². The van der Waals surface area contributed by atoms with Gasteiger partial charge in [0.2, 0.25) is 0 Å². The van der Waals surface area contributed by atoms with Crippen molar-refractivity contribution in [3.63, 3.8) is 0 Å². The average Bonchev–Trinajstić information content (AvgIpc) is 3.02. The third kappa shape index (κ3) is 3.98. The number of benzene rings is 2. The maximum absolute atomic E-state index is 11.0. The Morgan fingerprint density at radius 1 is 1.00 bits per heavy atom. The molecule has 0 spiro atoms. The maximum atomic E-state index is 11.0. The third-order valence-electron chi connectivity index (χ3n) is 3.61. The van der Waals surface area contributed by atoms with Crippen molar-refractivity contribution in [3.8, 4) is 22.8 Å². The number of aromatic nitrogens is 1. The first kappa shape index (κ1) is 16.6. The van der Waals surface area contributed by atoms with Crippen LogP contribution in [0.3, 0.4) is 0 Å². The number of carbonyl (C=O) groups is 1. The van der Waals surface area contributed by atoms with Crippen LogP contribution in [0.4, 0.5) is 0 Å². The van der Waals surface area contributed by atoms with E-state index >= 15 is 0 Å². The summed E-state index contributed by atoms with van der Waals surface area (Å²) in [5, 5.41) is 12.6. The Hall–Kier alpha value is -3.28. The monoisotopic (exact) mass is 339 g/mol. The second-order valence-electron chi connectivity index (χ2n) is 5.32. The molecule has 0 saturated carbocycles. The van der Waals surface area contributed by atoms with Gasteiger partial charge in [-0.05, 0) is 43.3 Å². The zero-order valence-corrected chi connectivity index (χ0v) is 13.6. The molecule has 1 N–H and O–H groups in total. The van der Waals surface area contributed by atoms with E-state index in [1.807, 2.05) is 30.3 Å². The molecule has 0 aliphatic carbocycles. The fraction of sp³-hybridized carbons (Fsp3) is 0.158. The van der Waals surface area contributed by atoms with Crippen LogP contribution in [0.15, 0.2) is 59.1 Å². The van der Waals surface area contributed by atoms with E-state index in [9.17, 15) is 4.79 Å². The second-order valence-corrected chi connectivity index (χ2v) is 5.32. The normalized spacial score (nSPS) is 10.4. The summed E-state index contributed by atoms with van der Waals surface area (Å²) in [5.41, 5.74) is 1.16. The molecule has 0 amide bonds. The van der Waals surface area contributed by atoms with Crippen molar-refractivity contribution in [1.29, 1.82) is 0 Å². The van der Waals surface area contributed by atoms with Gasteiger partial charge in [0, 0.05) is 11.1 Å². The number of nitrogens with zero attached hydrogens (tertiary/aromatic N) is 1. The highest BCUT2D eigenvalue weighted by atomic mass is 16.5. The quantitative estimate of drug-likeness (QED) is 0.659. The van der Waals surface area contributed by atoms with Gasteiger partial charge in [-0.3, -0.25) is 0 Å². The molecule has 6 heteroatoms. The van der Waals surface area contributed by atoms with Gasteiger partial charge in [0.15, 0.2) is 11.5 Å². The molecule has 0 atom stereocenters. The van der Waals surface area contributed by atoms with Crippen molar-refractivity contribution in [2.24, 2.45) is 0 Å². The first-order chi connectivity index (χ1) is 12.1. The second kappa shape index (κ2) is 7.53. The number of hydrogen-bond donors (Lipinski definition) is 1. The van der Waals surface area contributed by atoms with Crippen molar-refractivity contribution in [3.05, 3.63) is 65.9 Å². The van der Waals surface area contributed by atoms with Crippen molar-refractivity contribution < 1.29 is 23.9 Å². The first-order valence-electron chi connectivity index (χ1n) is 7.76. The molecule has 0 fully saturated rings. The molecule has 2 aromatic carbocycles. The highest BCUT2D eigenvalue weighted by Gasteiger charge is 2.18. The Bertz CT molecular complexity index is 840. The van der Waals surface area contributed by atoms with E-state index < -0.39 is 5.97 Å². The Labute approximate surface area is 144 Å². The summed E-state index contributed by atoms with van der Waals surface area (Å²) in [6.07, 6.45) is 0. The lowest BCUT2D eigenvalue weighted by atomic mass is 10.1. The van der Waals surface area contributed by atoms with E-state index in [4.69, 9.17) is 19.1 Å². The number of ether oxygens (including phenoxy) is 2. The van der Waals surface area contributed by atoms with Crippen molar-refractivity contribution in [2.45, 2.75) is 6.92 Å². The molecule has 3 rings (SSSR count). The van der Waals surface area contributed by atoms with E-state index in [-0.39, 0.29) is 5.69 Å². The Morgan fingerprint density at radius 3 is 2.16 bits per heavy atom. The number of hydrogen-bond acceptors (Lipinski definition) is 5. The van der Waals surface area contributed by atoms with Crippen LogP contribution in [-0.4, -0.2) is 29.4 Å². The van der Waals surface area contributed by atoms with E-state index in [1.165, 1.54) is 0 Å². The third-order valence-corrected chi connectivity index (χ3v) is 3.61. The van der Waals surface area contributed by atoms with E-state index in [0.717, 1.165) is 11.3 Å². The Balaban J connectivity index is 1.56. The number of carboxylic acids is 1.